The van der Waals surface area contributed by atoms with E-state index < -0.39 is 5.97 Å². The number of carbonyl (C=O) groups is 2. The average molecular weight is 254 g/mol. The highest BCUT2D eigenvalue weighted by molar-refractivity contribution is 6.01. The first-order valence-corrected chi connectivity index (χ1v) is 6.28. The van der Waals surface area contributed by atoms with Gasteiger partial charge in [-0.15, -0.1) is 0 Å². The summed E-state index contributed by atoms with van der Waals surface area (Å²) in [6.07, 6.45) is 0.987. The van der Waals surface area contributed by atoms with Gasteiger partial charge in [0.05, 0.1) is 0 Å². The SMILES string of the molecule is CCC1CN(C(=O)C(C)=C(C)C(=O)O)CCN1C. The van der Waals surface area contributed by atoms with Crippen LogP contribution in [0.25, 0.3) is 0 Å². The lowest BCUT2D eigenvalue weighted by Crippen LogP contribution is -2.53. The normalized spacial score (nSPS) is 22.7. The highest BCUT2D eigenvalue weighted by Crippen LogP contribution is 2.15. The van der Waals surface area contributed by atoms with Crippen LogP contribution in [0, 0.1) is 0 Å². The Kier molecular flexibility index (Phi) is 4.90. The average Bonchev–Trinajstić information content (AvgIpc) is 2.36. The van der Waals surface area contributed by atoms with Crippen molar-refractivity contribution in [3.63, 3.8) is 0 Å². The standard InChI is InChI=1S/C13H22N2O3/c1-5-11-8-15(7-6-14(11)4)12(16)9(2)10(3)13(17)18/h11H,5-8H2,1-4H3,(H,17,18). The molecular weight excluding hydrogens is 232 g/mol. The van der Waals surface area contributed by atoms with Crippen LogP contribution >= 0.6 is 0 Å². The van der Waals surface area contributed by atoms with Crippen LogP contribution in [0.5, 0.6) is 0 Å². The molecule has 1 aliphatic heterocycles. The molecule has 18 heavy (non-hydrogen) atoms. The third-order valence-corrected chi connectivity index (χ3v) is 3.74. The Morgan fingerprint density at radius 1 is 1.22 bits per heavy atom. The summed E-state index contributed by atoms with van der Waals surface area (Å²) in [5.74, 6) is -1.18. The fraction of sp³-hybridized carbons (Fsp3) is 0.692. The Balaban J connectivity index is 2.80. The van der Waals surface area contributed by atoms with Crippen LogP contribution in [0.15, 0.2) is 11.1 Å². The lowest BCUT2D eigenvalue weighted by Gasteiger charge is -2.39. The van der Waals surface area contributed by atoms with Gasteiger partial charge in [-0.3, -0.25) is 9.69 Å². The van der Waals surface area contributed by atoms with Crippen molar-refractivity contribution >= 4 is 11.9 Å². The molecule has 1 saturated heterocycles. The molecule has 1 fully saturated rings. The Morgan fingerprint density at radius 3 is 2.33 bits per heavy atom. The Labute approximate surface area is 108 Å². The third-order valence-electron chi connectivity index (χ3n) is 3.74. The highest BCUT2D eigenvalue weighted by Gasteiger charge is 2.27. The van der Waals surface area contributed by atoms with E-state index in [0.29, 0.717) is 24.7 Å². The summed E-state index contributed by atoms with van der Waals surface area (Å²) in [6, 6.07) is 0.362. The van der Waals surface area contributed by atoms with E-state index in [1.807, 2.05) is 0 Å². The quantitative estimate of drug-likeness (QED) is 0.762. The van der Waals surface area contributed by atoms with Crippen LogP contribution in [0.3, 0.4) is 0 Å². The number of piperazine rings is 1. The van der Waals surface area contributed by atoms with Crippen molar-refractivity contribution in [2.24, 2.45) is 0 Å². The number of amides is 1. The number of hydrogen-bond donors (Lipinski definition) is 1. The summed E-state index contributed by atoms with van der Waals surface area (Å²) in [6.45, 7) is 7.34. The zero-order valence-electron chi connectivity index (χ0n) is 11.6. The molecule has 1 rings (SSSR count). The molecular formula is C13H22N2O3. The minimum absolute atomic E-state index is 0.131. The first-order valence-electron chi connectivity index (χ1n) is 6.28. The van der Waals surface area contributed by atoms with E-state index in [9.17, 15) is 9.59 Å². The zero-order chi connectivity index (χ0) is 13.9. The number of carboxylic acids is 1. The molecule has 0 aromatic heterocycles. The molecule has 102 valence electrons. The molecule has 1 N–H and O–H groups in total. The number of nitrogens with zero attached hydrogens (tertiary/aromatic N) is 2. The van der Waals surface area contributed by atoms with Gasteiger partial charge >= 0.3 is 5.97 Å². The monoisotopic (exact) mass is 254 g/mol. The van der Waals surface area contributed by atoms with Crippen LogP contribution in [-0.4, -0.2) is 59.5 Å². The second kappa shape index (κ2) is 6.00. The molecule has 0 radical (unpaired) electrons. The molecule has 0 bridgehead atoms. The predicted molar refractivity (Wildman–Crippen MR) is 69.3 cm³/mol. The van der Waals surface area contributed by atoms with Crippen LogP contribution in [0.1, 0.15) is 27.2 Å². The van der Waals surface area contributed by atoms with Crippen LogP contribution < -0.4 is 0 Å². The maximum atomic E-state index is 12.2. The van der Waals surface area contributed by atoms with Crippen molar-refractivity contribution in [1.29, 1.82) is 0 Å². The van der Waals surface area contributed by atoms with E-state index in [1.165, 1.54) is 6.92 Å². The molecule has 1 atom stereocenters. The molecule has 0 saturated carbocycles. The number of carbonyl (C=O) groups excluding carboxylic acids is 1. The minimum atomic E-state index is -1.03. The molecule has 5 nitrogen and oxygen atoms in total. The highest BCUT2D eigenvalue weighted by atomic mass is 16.4. The van der Waals surface area contributed by atoms with Crippen molar-refractivity contribution in [2.75, 3.05) is 26.7 Å². The van der Waals surface area contributed by atoms with Gasteiger partial charge in [0.2, 0.25) is 5.91 Å². The summed E-state index contributed by atoms with van der Waals surface area (Å²) < 4.78 is 0. The van der Waals surface area contributed by atoms with Crippen molar-refractivity contribution in [3.8, 4) is 0 Å². The minimum Gasteiger partial charge on any atom is -0.478 e. The first kappa shape index (κ1) is 14.7. The van der Waals surface area contributed by atoms with Crippen molar-refractivity contribution in [1.82, 2.24) is 9.80 Å². The van der Waals surface area contributed by atoms with Crippen LogP contribution in [0.2, 0.25) is 0 Å². The molecule has 1 heterocycles. The van der Waals surface area contributed by atoms with E-state index in [0.717, 1.165) is 13.0 Å². The molecule has 0 spiro atoms. The van der Waals surface area contributed by atoms with E-state index in [4.69, 9.17) is 5.11 Å². The summed E-state index contributed by atoms with van der Waals surface area (Å²) in [4.78, 5) is 27.1. The largest absolute Gasteiger partial charge is 0.478 e. The molecule has 0 aromatic rings. The number of aliphatic carboxylic acids is 1. The Morgan fingerprint density at radius 2 is 1.83 bits per heavy atom. The maximum Gasteiger partial charge on any atom is 0.331 e. The first-order chi connectivity index (χ1) is 8.38. The van der Waals surface area contributed by atoms with Gasteiger partial charge in [0.1, 0.15) is 0 Å². The van der Waals surface area contributed by atoms with Crippen molar-refractivity contribution in [2.45, 2.75) is 33.2 Å². The van der Waals surface area contributed by atoms with Crippen LogP contribution in [-0.2, 0) is 9.59 Å². The topological polar surface area (TPSA) is 60.9 Å². The summed E-state index contributed by atoms with van der Waals surface area (Å²) in [7, 11) is 2.06. The lowest BCUT2D eigenvalue weighted by molar-refractivity contribution is -0.134. The van der Waals surface area contributed by atoms with Gasteiger partial charge in [-0.2, -0.15) is 0 Å². The van der Waals surface area contributed by atoms with Gasteiger partial charge in [0.25, 0.3) is 0 Å². The van der Waals surface area contributed by atoms with Crippen molar-refractivity contribution in [3.05, 3.63) is 11.1 Å². The van der Waals surface area contributed by atoms with E-state index >= 15 is 0 Å². The number of hydrogen-bond acceptors (Lipinski definition) is 3. The Bertz CT molecular complexity index is 376. The summed E-state index contributed by atoms with van der Waals surface area (Å²) in [5, 5.41) is 8.90. The third kappa shape index (κ3) is 3.10. The predicted octanol–water partition coefficient (Wildman–Crippen LogP) is 0.960. The number of likely N-dealkylation sites (N-methyl/N-ethyl adjacent to an activating group) is 1. The number of rotatable bonds is 3. The fourth-order valence-corrected chi connectivity index (χ4v) is 2.13. The molecule has 5 heteroatoms. The number of carboxylic acid groups (broad SMARTS) is 1. The van der Waals surface area contributed by atoms with E-state index in [1.54, 1.807) is 11.8 Å². The molecule has 1 aliphatic rings. The zero-order valence-corrected chi connectivity index (χ0v) is 11.6. The second-order valence-corrected chi connectivity index (χ2v) is 4.85. The van der Waals surface area contributed by atoms with Crippen molar-refractivity contribution < 1.29 is 14.7 Å². The van der Waals surface area contributed by atoms with Gasteiger partial charge < -0.3 is 10.0 Å². The summed E-state index contributed by atoms with van der Waals surface area (Å²) in [5.41, 5.74) is 0.467. The van der Waals surface area contributed by atoms with Gasteiger partial charge in [0.15, 0.2) is 0 Å². The maximum absolute atomic E-state index is 12.2. The second-order valence-electron chi connectivity index (χ2n) is 4.85. The molecule has 1 unspecified atom stereocenters. The van der Waals surface area contributed by atoms with E-state index in [-0.39, 0.29) is 11.5 Å². The molecule has 0 aliphatic carbocycles. The van der Waals surface area contributed by atoms with Crippen LogP contribution in [0.4, 0.5) is 0 Å². The van der Waals surface area contributed by atoms with Gasteiger partial charge in [-0.25, -0.2) is 4.79 Å². The van der Waals surface area contributed by atoms with E-state index in [2.05, 4.69) is 18.9 Å². The van der Waals surface area contributed by atoms with Gasteiger partial charge in [-0.1, -0.05) is 6.92 Å². The van der Waals surface area contributed by atoms with Gasteiger partial charge in [0, 0.05) is 36.8 Å². The molecule has 0 aromatic carbocycles. The smallest absolute Gasteiger partial charge is 0.331 e. The lowest BCUT2D eigenvalue weighted by atomic mass is 10.1. The van der Waals surface area contributed by atoms with Gasteiger partial charge in [-0.05, 0) is 27.3 Å². The fourth-order valence-electron chi connectivity index (χ4n) is 2.13. The Hall–Kier alpha value is -1.36. The molecule has 1 amide bonds. The summed E-state index contributed by atoms with van der Waals surface area (Å²) >= 11 is 0.